The van der Waals surface area contributed by atoms with Crippen molar-refractivity contribution in [3.63, 3.8) is 0 Å². The number of fused-ring (bicyclic) bond motifs is 1. The summed E-state index contributed by atoms with van der Waals surface area (Å²) < 4.78 is 32.2. The number of aromatic nitrogens is 5. The van der Waals surface area contributed by atoms with Gasteiger partial charge in [-0.05, 0) is 84.5 Å². The maximum absolute atomic E-state index is 10.7. The summed E-state index contributed by atoms with van der Waals surface area (Å²) in [6.45, 7) is 20.3. The van der Waals surface area contributed by atoms with Crippen molar-refractivity contribution in [1.82, 2.24) is 29.2 Å². The maximum atomic E-state index is 10.7. The number of ether oxygens (including phenoxy) is 3. The van der Waals surface area contributed by atoms with Crippen LogP contribution in [0.1, 0.15) is 64.8 Å². The van der Waals surface area contributed by atoms with Gasteiger partial charge in [-0.15, -0.1) is 0 Å². The van der Waals surface area contributed by atoms with Gasteiger partial charge in [0, 0.05) is 152 Å². The zero-order valence-corrected chi connectivity index (χ0v) is 58.5. The number of methoxy groups -OCH3 is 3. The van der Waals surface area contributed by atoms with E-state index in [-0.39, 0.29) is 60.9 Å². The van der Waals surface area contributed by atoms with Gasteiger partial charge < -0.3 is 68.4 Å². The van der Waals surface area contributed by atoms with Gasteiger partial charge in [0.25, 0.3) is 14.2 Å². The van der Waals surface area contributed by atoms with E-state index in [1.54, 1.807) is 46.0 Å². The van der Waals surface area contributed by atoms with Gasteiger partial charge >= 0.3 is 5.69 Å². The topological polar surface area (TPSA) is 223 Å². The number of alkyl halides is 3. The van der Waals surface area contributed by atoms with Crippen LogP contribution < -0.4 is 5.73 Å². The molecular weight excluding hydrogens is 1720 g/mol. The average molecular weight is 1780 g/mol. The zero-order chi connectivity index (χ0) is 52.3. The normalized spacial score (nSPS) is 10.2. The fourth-order valence-electron chi connectivity index (χ4n) is 5.28. The maximum Gasteiger partial charge on any atom is 0.305 e. The molecule has 19 nitrogen and oxygen atoms in total. The van der Waals surface area contributed by atoms with Gasteiger partial charge in [-0.25, -0.2) is 16.2 Å². The number of halogens is 7. The molecule has 404 valence electrons. The summed E-state index contributed by atoms with van der Waals surface area (Å²) >= 11 is 18.5. The number of nitro groups is 2. The van der Waals surface area contributed by atoms with Crippen LogP contribution in [0.4, 0.5) is 11.4 Å². The molecule has 0 fully saturated rings. The Balaban J connectivity index is -0.000000211. The Hall–Kier alpha value is 1.20. The Morgan fingerprint density at radius 1 is 0.817 bits per heavy atom. The van der Waals surface area contributed by atoms with Crippen molar-refractivity contribution >= 4 is 170 Å². The van der Waals surface area contributed by atoms with E-state index in [0.717, 1.165) is 73.9 Å². The van der Waals surface area contributed by atoms with Crippen LogP contribution in [-0.2, 0) is 79.9 Å². The summed E-state index contributed by atoms with van der Waals surface area (Å²) in [6, 6.07) is 5.65. The predicted octanol–water partition coefficient (Wildman–Crippen LogP) is 13.9. The molecule has 0 bridgehead atoms. The first-order chi connectivity index (χ1) is 32.6. The molecule has 0 aromatic carbocycles. The first-order valence-electron chi connectivity index (χ1n) is 20.4. The Morgan fingerprint density at radius 2 is 1.32 bits per heavy atom. The first kappa shape index (κ1) is 83.5. The summed E-state index contributed by atoms with van der Waals surface area (Å²) in [4.78, 5) is 42.4. The van der Waals surface area contributed by atoms with Gasteiger partial charge in [-0.1, -0.05) is 79.4 Å². The van der Waals surface area contributed by atoms with Gasteiger partial charge in [-0.3, -0.25) is 40.1 Å². The molecule has 4 heterocycles. The number of unbranched alkanes of at least 4 members (excludes halogenated alkanes) is 1. The number of rotatable bonds is 23. The largest absolute Gasteiger partial charge is 0.385 e. The predicted molar refractivity (Wildman–Crippen MR) is 332 cm³/mol. The van der Waals surface area contributed by atoms with Gasteiger partial charge in [0.2, 0.25) is 6.54 Å². The van der Waals surface area contributed by atoms with Crippen molar-refractivity contribution in [3.8, 4) is 0 Å². The standard InChI is InChI=1S/C20H32N5O3P.C10H14N2O3.C5H3ClN2O2.C4H11NO.CHI3.CH2I.CH3.I2.2V/c1-16(2)25(17(3)4)29(28-13-10-21-5)27-12-7-11-24-19-8-9-22-14-18(19)23-20(24)15-26-6;1-15-7-3-2-4-9-5-6-11-8-10(9)12(13)14;6-4-1-2-7-3-5(4)8(9)10;1-6-4-2-3-5;2-1(3)4;1-2;;1-2;;/h8-9,14,16-17H,7,10-13,15H2,1-4,6H3;5-6,8H,2-4,7H2,1H3;1-3H;2-5H2,1H3;1H;1H2;1H3;;;/q;;;;;2*-1;;;. The fourth-order valence-corrected chi connectivity index (χ4v) is 7.07. The molecule has 4 aromatic heterocycles. The molecule has 1 unspecified atom stereocenters. The smallest absolute Gasteiger partial charge is 0.305 e. The van der Waals surface area contributed by atoms with E-state index in [9.17, 15) is 20.2 Å². The summed E-state index contributed by atoms with van der Waals surface area (Å²) in [5, 5.41) is 20.9. The minimum Gasteiger partial charge on any atom is -0.385 e. The van der Waals surface area contributed by atoms with Crippen LogP contribution in [0.2, 0.25) is 5.02 Å². The number of imidazole rings is 1. The van der Waals surface area contributed by atoms with Crippen molar-refractivity contribution in [2.75, 3.05) is 60.8 Å². The third kappa shape index (κ3) is 41.9. The summed E-state index contributed by atoms with van der Waals surface area (Å²) in [5.74, 6) is 0.886. The van der Waals surface area contributed by atoms with E-state index in [1.807, 2.05) is 28.7 Å². The quantitative estimate of drug-likeness (QED) is 0.0139. The zero-order valence-electron chi connectivity index (χ0n) is 41.1. The van der Waals surface area contributed by atoms with Crippen LogP contribution in [0.3, 0.4) is 0 Å². The SMILES string of the molecule is COCCCCc1ccncc1[N+](=O)[O-].COCCCN.IC(I)I.II.O=[N+]([O-])c1cnccc1Cl.[C-]#[N+]CCOP(OCCCn1c(COC)nc2cnccc21)N(C(C)C)C(C)C.[CH2-]I.[CH3-].[V].[V]. The minimum atomic E-state index is -1.20. The number of nitrogens with two attached hydrogens (primary N) is 1. The average Bonchev–Trinajstić information content (AvgIpc) is 3.66. The van der Waals surface area contributed by atoms with Crippen LogP contribution in [0.25, 0.3) is 15.9 Å². The second kappa shape index (κ2) is 57.4. The number of nitrogens with zero attached hydrogens (tertiary/aromatic N) is 9. The Morgan fingerprint density at radius 3 is 1.79 bits per heavy atom. The van der Waals surface area contributed by atoms with Crippen LogP contribution in [-0.4, -0.2) is 112 Å². The molecule has 4 rings (SSSR count). The van der Waals surface area contributed by atoms with Crippen molar-refractivity contribution in [2.24, 2.45) is 5.73 Å². The monoisotopic (exact) mass is 1780 g/mol. The van der Waals surface area contributed by atoms with Gasteiger partial charge in [0.15, 0.2) is 0 Å². The number of hydrogen-bond donors (Lipinski definition) is 1. The van der Waals surface area contributed by atoms with Crippen LogP contribution in [0.5, 0.6) is 0 Å². The molecular formula is C42H66ClI6N10O9PV2-2. The van der Waals surface area contributed by atoms with Crippen LogP contribution in [0.15, 0.2) is 55.4 Å². The third-order valence-corrected chi connectivity index (χ3v) is 10.3. The molecule has 0 aliphatic carbocycles. The van der Waals surface area contributed by atoms with Gasteiger partial charge in [0.05, 0.1) is 28.2 Å². The summed E-state index contributed by atoms with van der Waals surface area (Å²) in [5.41, 5.74) is 7.74. The van der Waals surface area contributed by atoms with Crippen LogP contribution >= 0.6 is 148 Å². The Kier molecular flexibility index (Phi) is 67.5. The van der Waals surface area contributed by atoms with Gasteiger partial charge in [0.1, 0.15) is 41.9 Å². The fraction of sp³-hybridized carbons (Fsp3) is 0.548. The van der Waals surface area contributed by atoms with Crippen molar-refractivity contribution in [2.45, 2.75) is 85.0 Å². The van der Waals surface area contributed by atoms with E-state index in [0.29, 0.717) is 51.5 Å². The molecule has 0 spiro atoms. The molecule has 0 saturated carbocycles. The van der Waals surface area contributed by atoms with E-state index >= 15 is 0 Å². The molecule has 0 saturated heterocycles. The second-order valence-corrected chi connectivity index (χ2v) is 26.1. The Labute approximate surface area is 529 Å². The summed E-state index contributed by atoms with van der Waals surface area (Å²) in [6.07, 6.45) is 13.2. The second-order valence-electron chi connectivity index (χ2n) is 13.4. The molecule has 2 N–H and O–H groups in total. The molecule has 2 radical (unpaired) electrons. The number of hydrogen-bond acceptors (Lipinski definition) is 15. The summed E-state index contributed by atoms with van der Waals surface area (Å²) in [7, 11) is 3.79. The van der Waals surface area contributed by atoms with E-state index < -0.39 is 18.4 Å². The molecule has 0 aliphatic rings. The Bertz CT molecular complexity index is 1910. The first-order valence-corrected chi connectivity index (χ1v) is 33.4. The van der Waals surface area contributed by atoms with E-state index in [4.69, 9.17) is 47.2 Å². The number of aryl methyl sites for hydroxylation is 2. The molecule has 1 atom stereocenters. The molecule has 29 heteroatoms. The number of pyridine rings is 3. The molecule has 0 amide bonds. The van der Waals surface area contributed by atoms with Crippen molar-refractivity contribution < 1.29 is 70.2 Å². The van der Waals surface area contributed by atoms with E-state index in [1.165, 1.54) is 18.5 Å². The van der Waals surface area contributed by atoms with E-state index in [2.05, 4.69) is 172 Å². The minimum absolute atomic E-state index is 0. The van der Waals surface area contributed by atoms with Crippen LogP contribution in [0, 0.1) is 39.2 Å². The van der Waals surface area contributed by atoms with Crippen molar-refractivity contribution in [3.05, 3.63) is 116 Å². The third-order valence-electron chi connectivity index (χ3n) is 7.91. The molecule has 0 aliphatic heterocycles. The molecule has 4 aromatic rings. The van der Waals surface area contributed by atoms with Gasteiger partial charge in [-0.2, -0.15) is 0 Å². The van der Waals surface area contributed by atoms with Crippen molar-refractivity contribution in [1.29, 1.82) is 0 Å². The molecule has 71 heavy (non-hydrogen) atoms.